The summed E-state index contributed by atoms with van der Waals surface area (Å²) in [5.41, 5.74) is 2.15. The first-order chi connectivity index (χ1) is 8.66. The molecule has 0 aliphatic carbocycles. The topological polar surface area (TPSA) is 33.6 Å². The number of aromatic nitrogens is 3. The van der Waals surface area contributed by atoms with Crippen molar-refractivity contribution >= 4 is 39.3 Å². The van der Waals surface area contributed by atoms with Gasteiger partial charge in [0.2, 0.25) is 0 Å². The fourth-order valence-electron chi connectivity index (χ4n) is 1.80. The van der Waals surface area contributed by atoms with Crippen LogP contribution >= 0.6 is 28.1 Å². The minimum Gasteiger partial charge on any atom is -0.329 e. The van der Waals surface area contributed by atoms with Gasteiger partial charge in [-0.15, -0.1) is 0 Å². The van der Waals surface area contributed by atoms with Crippen molar-refractivity contribution in [2.45, 2.75) is 0 Å². The highest BCUT2D eigenvalue weighted by molar-refractivity contribution is 9.10. The van der Waals surface area contributed by atoms with Crippen molar-refractivity contribution in [3.05, 3.63) is 51.6 Å². The van der Waals surface area contributed by atoms with E-state index in [1.807, 2.05) is 12.1 Å². The second-order valence-corrected chi connectivity index (χ2v) is 4.98. The lowest BCUT2D eigenvalue weighted by Crippen LogP contribution is -1.96. The second-order valence-electron chi connectivity index (χ2n) is 3.74. The Morgan fingerprint density at radius 1 is 1.33 bits per heavy atom. The maximum absolute atomic E-state index is 13.6. The van der Waals surface area contributed by atoms with Gasteiger partial charge in [0.15, 0.2) is 10.4 Å². The average Bonchev–Trinajstić information content (AvgIpc) is 2.69. The van der Waals surface area contributed by atoms with Crippen molar-refractivity contribution in [1.82, 2.24) is 14.5 Å². The molecule has 3 aromatic rings. The first-order valence-corrected chi connectivity index (χ1v) is 6.38. The molecule has 0 bridgehead atoms. The van der Waals surface area contributed by atoms with E-state index in [1.165, 1.54) is 6.07 Å². The summed E-state index contributed by atoms with van der Waals surface area (Å²) in [5.74, 6) is -0.334. The van der Waals surface area contributed by atoms with Crippen LogP contribution in [0.2, 0.25) is 0 Å². The maximum Gasteiger partial charge on any atom is 0.183 e. The highest BCUT2D eigenvalue weighted by Gasteiger charge is 2.09. The third kappa shape index (κ3) is 1.77. The van der Waals surface area contributed by atoms with Crippen molar-refractivity contribution in [1.29, 1.82) is 0 Å². The molecule has 6 heteroatoms. The summed E-state index contributed by atoms with van der Waals surface area (Å²) >= 11 is 8.37. The Hall–Kier alpha value is -1.53. The molecule has 0 unspecified atom stereocenters. The Labute approximate surface area is 115 Å². The van der Waals surface area contributed by atoms with E-state index in [9.17, 15) is 4.39 Å². The molecule has 0 atom stereocenters. The van der Waals surface area contributed by atoms with Crippen molar-refractivity contribution in [2.24, 2.45) is 0 Å². The molecule has 0 fully saturated rings. The fraction of sp³-hybridized carbons (Fsp3) is 0. The van der Waals surface area contributed by atoms with E-state index in [0.29, 0.717) is 20.6 Å². The van der Waals surface area contributed by atoms with Gasteiger partial charge in [-0.3, -0.25) is 4.57 Å². The first kappa shape index (κ1) is 11.6. The number of fused-ring (bicyclic) bond motifs is 1. The molecule has 1 aromatic carbocycles. The van der Waals surface area contributed by atoms with Crippen LogP contribution in [0.3, 0.4) is 0 Å². The van der Waals surface area contributed by atoms with Crippen LogP contribution in [0.4, 0.5) is 4.39 Å². The normalized spacial score (nSPS) is 11.0. The van der Waals surface area contributed by atoms with Crippen molar-refractivity contribution in [3.8, 4) is 5.69 Å². The molecule has 0 radical (unpaired) electrons. The van der Waals surface area contributed by atoms with E-state index in [2.05, 4.69) is 25.9 Å². The number of rotatable bonds is 1. The molecule has 1 N–H and O–H groups in total. The SMILES string of the molecule is Fc1cc(-n2c(=S)[nH]c3cccnc32)ccc1Br. The third-order valence-corrected chi connectivity index (χ3v) is 3.53. The van der Waals surface area contributed by atoms with E-state index in [0.717, 1.165) is 5.52 Å². The monoisotopic (exact) mass is 323 g/mol. The molecule has 2 aromatic heterocycles. The summed E-state index contributed by atoms with van der Waals surface area (Å²) in [5, 5.41) is 0. The van der Waals surface area contributed by atoms with Gasteiger partial charge >= 0.3 is 0 Å². The lowest BCUT2D eigenvalue weighted by Gasteiger charge is -2.04. The van der Waals surface area contributed by atoms with Crippen LogP contribution < -0.4 is 0 Å². The highest BCUT2D eigenvalue weighted by atomic mass is 79.9. The molecule has 0 saturated heterocycles. The zero-order chi connectivity index (χ0) is 12.7. The number of pyridine rings is 1. The van der Waals surface area contributed by atoms with E-state index in [4.69, 9.17) is 12.2 Å². The standard InChI is InChI=1S/C12H7BrFN3S/c13-8-4-3-7(6-9(8)14)17-11-10(16-12(17)18)2-1-5-15-11/h1-6H,(H,16,18). The average molecular weight is 324 g/mol. The molecular weight excluding hydrogens is 317 g/mol. The van der Waals surface area contributed by atoms with Crippen molar-refractivity contribution in [3.63, 3.8) is 0 Å². The van der Waals surface area contributed by atoms with Gasteiger partial charge in [0, 0.05) is 6.20 Å². The van der Waals surface area contributed by atoms with Crippen LogP contribution in [0.5, 0.6) is 0 Å². The molecule has 3 rings (SSSR count). The Morgan fingerprint density at radius 3 is 2.94 bits per heavy atom. The summed E-state index contributed by atoms with van der Waals surface area (Å²) in [6.45, 7) is 0. The predicted octanol–water partition coefficient (Wildman–Crippen LogP) is 3.98. The van der Waals surface area contributed by atoms with Gasteiger partial charge in [0.1, 0.15) is 5.82 Å². The first-order valence-electron chi connectivity index (χ1n) is 5.18. The molecule has 3 nitrogen and oxygen atoms in total. The maximum atomic E-state index is 13.6. The minimum atomic E-state index is -0.334. The number of hydrogen-bond donors (Lipinski definition) is 1. The highest BCUT2D eigenvalue weighted by Crippen LogP contribution is 2.22. The molecular formula is C12H7BrFN3S. The predicted molar refractivity (Wildman–Crippen MR) is 73.9 cm³/mol. The largest absolute Gasteiger partial charge is 0.329 e. The molecule has 0 aliphatic rings. The van der Waals surface area contributed by atoms with E-state index in [-0.39, 0.29) is 5.82 Å². The Bertz CT molecular complexity index is 793. The van der Waals surface area contributed by atoms with Crippen molar-refractivity contribution < 1.29 is 4.39 Å². The number of H-pyrrole nitrogens is 1. The second kappa shape index (κ2) is 4.29. The molecule has 0 aliphatic heterocycles. The third-order valence-electron chi connectivity index (χ3n) is 2.60. The number of aromatic amines is 1. The van der Waals surface area contributed by atoms with Crippen LogP contribution in [0.25, 0.3) is 16.9 Å². The van der Waals surface area contributed by atoms with Gasteiger partial charge in [-0.05, 0) is 58.5 Å². The van der Waals surface area contributed by atoms with Gasteiger partial charge in [-0.25, -0.2) is 9.37 Å². The van der Waals surface area contributed by atoms with Crippen LogP contribution in [-0.4, -0.2) is 14.5 Å². The van der Waals surface area contributed by atoms with Crippen LogP contribution in [-0.2, 0) is 0 Å². The summed E-state index contributed by atoms with van der Waals surface area (Å²) in [6, 6.07) is 8.55. The summed E-state index contributed by atoms with van der Waals surface area (Å²) in [7, 11) is 0. The molecule has 18 heavy (non-hydrogen) atoms. The van der Waals surface area contributed by atoms with Crippen LogP contribution in [0.15, 0.2) is 41.0 Å². The van der Waals surface area contributed by atoms with Gasteiger partial charge in [0.25, 0.3) is 0 Å². The van der Waals surface area contributed by atoms with E-state index in [1.54, 1.807) is 22.9 Å². The number of nitrogens with zero attached hydrogens (tertiary/aromatic N) is 2. The van der Waals surface area contributed by atoms with Crippen LogP contribution in [0, 0.1) is 10.6 Å². The van der Waals surface area contributed by atoms with E-state index < -0.39 is 0 Å². The lowest BCUT2D eigenvalue weighted by atomic mass is 10.3. The fourth-order valence-corrected chi connectivity index (χ4v) is 2.35. The number of benzene rings is 1. The lowest BCUT2D eigenvalue weighted by molar-refractivity contribution is 0.620. The van der Waals surface area contributed by atoms with E-state index >= 15 is 0 Å². The zero-order valence-electron chi connectivity index (χ0n) is 9.02. The summed E-state index contributed by atoms with van der Waals surface area (Å²) in [4.78, 5) is 7.30. The zero-order valence-corrected chi connectivity index (χ0v) is 11.4. The van der Waals surface area contributed by atoms with Gasteiger partial charge in [-0.2, -0.15) is 0 Å². The molecule has 0 amide bonds. The number of hydrogen-bond acceptors (Lipinski definition) is 2. The molecule has 2 heterocycles. The minimum absolute atomic E-state index is 0.334. The number of halogens is 2. The number of nitrogens with one attached hydrogen (secondary N) is 1. The number of imidazole rings is 1. The molecule has 0 spiro atoms. The Kier molecular flexibility index (Phi) is 2.76. The summed E-state index contributed by atoms with van der Waals surface area (Å²) < 4.78 is 16.2. The van der Waals surface area contributed by atoms with Gasteiger partial charge in [0.05, 0.1) is 15.7 Å². The van der Waals surface area contributed by atoms with Crippen molar-refractivity contribution in [2.75, 3.05) is 0 Å². The molecule has 90 valence electrons. The quantitative estimate of drug-likeness (QED) is 0.687. The smallest absolute Gasteiger partial charge is 0.183 e. The Balaban J connectivity index is 2.34. The van der Waals surface area contributed by atoms with Crippen LogP contribution in [0.1, 0.15) is 0 Å². The van der Waals surface area contributed by atoms with Gasteiger partial charge < -0.3 is 4.98 Å². The molecule has 0 saturated carbocycles. The Morgan fingerprint density at radius 2 is 2.17 bits per heavy atom. The summed E-state index contributed by atoms with van der Waals surface area (Å²) in [6.07, 6.45) is 1.68. The van der Waals surface area contributed by atoms with Gasteiger partial charge in [-0.1, -0.05) is 0 Å².